The van der Waals surface area contributed by atoms with Gasteiger partial charge in [0.1, 0.15) is 5.82 Å². The lowest BCUT2D eigenvalue weighted by Gasteiger charge is -2.08. The molecule has 1 aromatic heterocycles. The zero-order chi connectivity index (χ0) is 10.8. The van der Waals surface area contributed by atoms with Gasteiger partial charge in [-0.05, 0) is 25.7 Å². The van der Waals surface area contributed by atoms with Gasteiger partial charge in [-0.2, -0.15) is 4.37 Å². The molecule has 2 rings (SSSR count). The highest BCUT2D eigenvalue weighted by atomic mass is 32.1. The third-order valence-corrected chi connectivity index (χ3v) is 3.14. The number of rotatable bonds is 4. The summed E-state index contributed by atoms with van der Waals surface area (Å²) in [5.41, 5.74) is 5.85. The van der Waals surface area contributed by atoms with E-state index in [1.165, 1.54) is 11.5 Å². The number of aromatic nitrogens is 2. The van der Waals surface area contributed by atoms with E-state index in [0.717, 1.165) is 12.8 Å². The standard InChI is InChI=1S/C9H14N4OS/c1-5-11-9(15-13-5)12-8(14)4-7(10)6-2-3-6/h6-7H,2-4,10H2,1H3,(H,11,12,13,14). The Hall–Kier alpha value is -1.01. The van der Waals surface area contributed by atoms with Gasteiger partial charge in [-0.3, -0.25) is 4.79 Å². The van der Waals surface area contributed by atoms with Crippen LogP contribution >= 0.6 is 11.5 Å². The lowest BCUT2D eigenvalue weighted by molar-refractivity contribution is -0.116. The van der Waals surface area contributed by atoms with E-state index in [-0.39, 0.29) is 11.9 Å². The van der Waals surface area contributed by atoms with E-state index < -0.39 is 0 Å². The molecule has 1 aliphatic rings. The van der Waals surface area contributed by atoms with Crippen LogP contribution in [0, 0.1) is 12.8 Å². The summed E-state index contributed by atoms with van der Waals surface area (Å²) in [6, 6.07) is -0.000909. The van der Waals surface area contributed by atoms with Crippen LogP contribution in [-0.4, -0.2) is 21.3 Å². The number of carbonyl (C=O) groups excluding carboxylic acids is 1. The Labute approximate surface area is 92.3 Å². The number of anilines is 1. The van der Waals surface area contributed by atoms with Gasteiger partial charge < -0.3 is 11.1 Å². The first-order chi connectivity index (χ1) is 7.15. The molecule has 1 aliphatic carbocycles. The number of amides is 1. The Kier molecular flexibility index (Phi) is 2.97. The number of carbonyl (C=O) groups is 1. The molecule has 1 saturated carbocycles. The second-order valence-corrected chi connectivity index (χ2v) is 4.65. The smallest absolute Gasteiger partial charge is 0.227 e. The number of hydrogen-bond donors (Lipinski definition) is 2. The SMILES string of the molecule is Cc1nsc(NC(=O)CC(N)C2CC2)n1. The zero-order valence-corrected chi connectivity index (χ0v) is 9.38. The van der Waals surface area contributed by atoms with E-state index in [2.05, 4.69) is 14.7 Å². The van der Waals surface area contributed by atoms with Gasteiger partial charge in [0.25, 0.3) is 0 Å². The van der Waals surface area contributed by atoms with Gasteiger partial charge in [0.05, 0.1) is 0 Å². The maximum Gasteiger partial charge on any atom is 0.227 e. The highest BCUT2D eigenvalue weighted by Crippen LogP contribution is 2.32. The Morgan fingerprint density at radius 2 is 2.47 bits per heavy atom. The molecule has 0 radical (unpaired) electrons. The molecule has 0 spiro atoms. The first-order valence-electron chi connectivity index (χ1n) is 5.01. The topological polar surface area (TPSA) is 80.9 Å². The fourth-order valence-electron chi connectivity index (χ4n) is 1.42. The largest absolute Gasteiger partial charge is 0.327 e. The molecular weight excluding hydrogens is 212 g/mol. The lowest BCUT2D eigenvalue weighted by Crippen LogP contribution is -2.28. The Bertz CT molecular complexity index is 361. The molecule has 82 valence electrons. The maximum absolute atomic E-state index is 11.5. The molecule has 1 fully saturated rings. The van der Waals surface area contributed by atoms with Crippen LogP contribution in [0.3, 0.4) is 0 Å². The molecule has 5 nitrogen and oxygen atoms in total. The van der Waals surface area contributed by atoms with E-state index in [9.17, 15) is 4.79 Å². The van der Waals surface area contributed by atoms with Gasteiger partial charge in [-0.1, -0.05) is 0 Å². The van der Waals surface area contributed by atoms with Gasteiger partial charge in [-0.15, -0.1) is 0 Å². The van der Waals surface area contributed by atoms with Crippen molar-refractivity contribution in [1.82, 2.24) is 9.36 Å². The summed E-state index contributed by atoms with van der Waals surface area (Å²) >= 11 is 1.20. The van der Waals surface area contributed by atoms with Crippen LogP contribution in [0.15, 0.2) is 0 Å². The molecule has 3 N–H and O–H groups in total. The van der Waals surface area contributed by atoms with Crippen LogP contribution in [0.1, 0.15) is 25.1 Å². The highest BCUT2D eigenvalue weighted by molar-refractivity contribution is 7.09. The molecule has 0 saturated heterocycles. The fraction of sp³-hybridized carbons (Fsp3) is 0.667. The van der Waals surface area contributed by atoms with Crippen molar-refractivity contribution < 1.29 is 4.79 Å². The number of aryl methyl sites for hydroxylation is 1. The Morgan fingerprint density at radius 1 is 1.73 bits per heavy atom. The van der Waals surface area contributed by atoms with Crippen LogP contribution < -0.4 is 11.1 Å². The quantitative estimate of drug-likeness (QED) is 0.799. The Balaban J connectivity index is 1.81. The van der Waals surface area contributed by atoms with Crippen molar-refractivity contribution in [3.05, 3.63) is 5.82 Å². The summed E-state index contributed by atoms with van der Waals surface area (Å²) in [4.78, 5) is 15.6. The average Bonchev–Trinajstić information content (AvgIpc) is 2.92. The third kappa shape index (κ3) is 2.97. The molecule has 1 heterocycles. The van der Waals surface area contributed by atoms with Crippen molar-refractivity contribution in [2.45, 2.75) is 32.2 Å². The van der Waals surface area contributed by atoms with E-state index >= 15 is 0 Å². The average molecular weight is 226 g/mol. The van der Waals surface area contributed by atoms with E-state index in [0.29, 0.717) is 23.3 Å². The first kappa shape index (κ1) is 10.5. The molecular formula is C9H14N4OS. The molecule has 0 bridgehead atoms. The van der Waals surface area contributed by atoms with Gasteiger partial charge in [0.15, 0.2) is 0 Å². The van der Waals surface area contributed by atoms with Gasteiger partial charge in [0, 0.05) is 24.0 Å². The number of nitrogens with one attached hydrogen (secondary N) is 1. The molecule has 15 heavy (non-hydrogen) atoms. The fourth-order valence-corrected chi connectivity index (χ4v) is 2.02. The molecule has 1 unspecified atom stereocenters. The summed E-state index contributed by atoms with van der Waals surface area (Å²) in [5.74, 6) is 1.17. The molecule has 1 atom stereocenters. The number of nitrogens with two attached hydrogens (primary N) is 1. The van der Waals surface area contributed by atoms with Crippen molar-refractivity contribution in [3.8, 4) is 0 Å². The predicted molar refractivity (Wildman–Crippen MR) is 58.6 cm³/mol. The summed E-state index contributed by atoms with van der Waals surface area (Å²) in [6.45, 7) is 1.79. The van der Waals surface area contributed by atoms with Gasteiger partial charge in [0.2, 0.25) is 11.0 Å². The van der Waals surface area contributed by atoms with Crippen LogP contribution in [0.5, 0.6) is 0 Å². The van der Waals surface area contributed by atoms with Crippen molar-refractivity contribution in [3.63, 3.8) is 0 Å². The second kappa shape index (κ2) is 4.24. The van der Waals surface area contributed by atoms with Crippen LogP contribution in [0.4, 0.5) is 5.13 Å². The molecule has 1 aromatic rings. The first-order valence-corrected chi connectivity index (χ1v) is 5.78. The number of nitrogens with zero attached hydrogens (tertiary/aromatic N) is 2. The maximum atomic E-state index is 11.5. The van der Waals surface area contributed by atoms with Crippen LogP contribution in [-0.2, 0) is 4.79 Å². The molecule has 1 amide bonds. The van der Waals surface area contributed by atoms with Crippen LogP contribution in [0.25, 0.3) is 0 Å². The molecule has 0 aromatic carbocycles. The van der Waals surface area contributed by atoms with Crippen molar-refractivity contribution in [1.29, 1.82) is 0 Å². The third-order valence-electron chi connectivity index (χ3n) is 2.42. The number of hydrogen-bond acceptors (Lipinski definition) is 5. The normalized spacial score (nSPS) is 17.5. The van der Waals surface area contributed by atoms with Gasteiger partial charge in [-0.25, -0.2) is 4.98 Å². The highest BCUT2D eigenvalue weighted by Gasteiger charge is 2.29. The van der Waals surface area contributed by atoms with E-state index in [1.54, 1.807) is 6.92 Å². The summed E-state index contributed by atoms with van der Waals surface area (Å²) in [7, 11) is 0. The second-order valence-electron chi connectivity index (χ2n) is 3.90. The van der Waals surface area contributed by atoms with Crippen LogP contribution in [0.2, 0.25) is 0 Å². The minimum absolute atomic E-state index is 0.000909. The molecule has 0 aliphatic heterocycles. The minimum Gasteiger partial charge on any atom is -0.327 e. The Morgan fingerprint density at radius 3 is 3.00 bits per heavy atom. The summed E-state index contributed by atoms with van der Waals surface area (Å²) in [6.07, 6.45) is 2.70. The van der Waals surface area contributed by atoms with E-state index in [4.69, 9.17) is 5.73 Å². The minimum atomic E-state index is -0.0643. The van der Waals surface area contributed by atoms with Crippen molar-refractivity contribution in [2.75, 3.05) is 5.32 Å². The van der Waals surface area contributed by atoms with Crippen molar-refractivity contribution >= 4 is 22.6 Å². The summed E-state index contributed by atoms with van der Waals surface area (Å²) in [5, 5.41) is 3.26. The van der Waals surface area contributed by atoms with E-state index in [1.807, 2.05) is 0 Å². The monoisotopic (exact) mass is 226 g/mol. The molecule has 6 heteroatoms. The lowest BCUT2D eigenvalue weighted by atomic mass is 10.1. The predicted octanol–water partition coefficient (Wildman–Crippen LogP) is 0.912. The zero-order valence-electron chi connectivity index (χ0n) is 8.56. The van der Waals surface area contributed by atoms with Crippen molar-refractivity contribution in [2.24, 2.45) is 11.7 Å². The summed E-state index contributed by atoms with van der Waals surface area (Å²) < 4.78 is 3.98. The van der Waals surface area contributed by atoms with Gasteiger partial charge >= 0.3 is 0 Å².